The van der Waals surface area contributed by atoms with E-state index < -0.39 is 15.8 Å². The average Bonchev–Trinajstić information content (AvgIpc) is 2.35. The molecule has 3 N–H and O–H groups in total. The quantitative estimate of drug-likeness (QED) is 0.900. The van der Waals surface area contributed by atoms with Crippen LogP contribution in [0.15, 0.2) is 41.4 Å². The summed E-state index contributed by atoms with van der Waals surface area (Å²) in [6, 6.07) is 6.73. The van der Waals surface area contributed by atoms with E-state index in [0.717, 1.165) is 0 Å². The van der Waals surface area contributed by atoms with Crippen molar-refractivity contribution in [3.8, 4) is 0 Å². The fraction of sp³-hybridized carbons (Fsp3) is 0.0833. The van der Waals surface area contributed by atoms with Crippen LogP contribution < -0.4 is 10.5 Å². The van der Waals surface area contributed by atoms with Crippen LogP contribution in [0.1, 0.15) is 5.56 Å². The molecule has 0 aliphatic rings. The molecular weight excluding hydrogens is 269 g/mol. The van der Waals surface area contributed by atoms with Gasteiger partial charge in [0.1, 0.15) is 11.6 Å². The van der Waals surface area contributed by atoms with Crippen LogP contribution in [-0.2, 0) is 10.0 Å². The zero-order valence-electron chi connectivity index (χ0n) is 10.1. The summed E-state index contributed by atoms with van der Waals surface area (Å²) in [5.74, 6) is -0.381. The Morgan fingerprint density at radius 2 is 2.05 bits per heavy atom. The predicted molar refractivity (Wildman–Crippen MR) is 70.6 cm³/mol. The molecule has 1 aromatic heterocycles. The number of nitrogen functional groups attached to an aromatic ring is 1. The first-order valence-corrected chi connectivity index (χ1v) is 6.88. The van der Waals surface area contributed by atoms with Crippen molar-refractivity contribution in [2.24, 2.45) is 0 Å². The highest BCUT2D eigenvalue weighted by Gasteiger charge is 2.16. The van der Waals surface area contributed by atoms with E-state index in [1.165, 1.54) is 43.5 Å². The summed E-state index contributed by atoms with van der Waals surface area (Å²) < 4.78 is 39.9. The van der Waals surface area contributed by atoms with Crippen molar-refractivity contribution in [3.05, 3.63) is 47.9 Å². The smallest absolute Gasteiger partial charge is 0.262 e. The molecule has 1 heterocycles. The molecule has 0 radical (unpaired) electrons. The zero-order chi connectivity index (χ0) is 14.0. The number of nitrogens with one attached hydrogen (secondary N) is 1. The molecular formula is C12H12FN3O2S. The van der Waals surface area contributed by atoms with Crippen LogP contribution in [0.25, 0.3) is 0 Å². The molecule has 7 heteroatoms. The van der Waals surface area contributed by atoms with Crippen molar-refractivity contribution in [1.29, 1.82) is 0 Å². The third-order valence-corrected chi connectivity index (χ3v) is 3.94. The lowest BCUT2D eigenvalue weighted by Crippen LogP contribution is -2.14. The highest BCUT2D eigenvalue weighted by atomic mass is 32.2. The van der Waals surface area contributed by atoms with Gasteiger partial charge in [0.25, 0.3) is 10.0 Å². The monoisotopic (exact) mass is 281 g/mol. The Kier molecular flexibility index (Phi) is 3.39. The number of pyridine rings is 1. The number of halogens is 1. The number of hydrogen-bond donors (Lipinski definition) is 2. The van der Waals surface area contributed by atoms with E-state index in [-0.39, 0.29) is 22.0 Å². The van der Waals surface area contributed by atoms with Gasteiger partial charge < -0.3 is 5.73 Å². The van der Waals surface area contributed by atoms with Gasteiger partial charge in [0, 0.05) is 17.8 Å². The van der Waals surface area contributed by atoms with Crippen molar-refractivity contribution in [1.82, 2.24) is 4.98 Å². The molecule has 0 atom stereocenters. The third-order valence-electron chi connectivity index (χ3n) is 2.57. The van der Waals surface area contributed by atoms with Gasteiger partial charge in [-0.25, -0.2) is 17.8 Å². The fourth-order valence-corrected chi connectivity index (χ4v) is 2.66. The Balaban J connectivity index is 2.39. The molecule has 0 saturated carbocycles. The van der Waals surface area contributed by atoms with Crippen molar-refractivity contribution in [3.63, 3.8) is 0 Å². The molecule has 19 heavy (non-hydrogen) atoms. The third kappa shape index (κ3) is 2.82. The number of anilines is 2. The predicted octanol–water partition coefficient (Wildman–Crippen LogP) is 1.91. The molecule has 1 aromatic carbocycles. The molecule has 0 aliphatic carbocycles. The molecule has 2 rings (SSSR count). The van der Waals surface area contributed by atoms with E-state index in [0.29, 0.717) is 0 Å². The van der Waals surface area contributed by atoms with Gasteiger partial charge in [-0.1, -0.05) is 6.07 Å². The molecule has 0 bridgehead atoms. The molecule has 5 nitrogen and oxygen atoms in total. The number of nitrogens with two attached hydrogens (primary N) is 1. The van der Waals surface area contributed by atoms with E-state index in [4.69, 9.17) is 5.73 Å². The Morgan fingerprint density at radius 1 is 1.32 bits per heavy atom. The van der Waals surface area contributed by atoms with Crippen molar-refractivity contribution >= 4 is 21.5 Å². The number of nitrogens with zero attached hydrogens (tertiary/aromatic N) is 1. The number of sulfonamides is 1. The lowest BCUT2D eigenvalue weighted by Gasteiger charge is -2.11. The van der Waals surface area contributed by atoms with Gasteiger partial charge in [0.2, 0.25) is 0 Å². The summed E-state index contributed by atoms with van der Waals surface area (Å²) >= 11 is 0. The van der Waals surface area contributed by atoms with Crippen LogP contribution in [0.2, 0.25) is 0 Å². The van der Waals surface area contributed by atoms with Crippen LogP contribution in [0.4, 0.5) is 15.9 Å². The lowest BCUT2D eigenvalue weighted by atomic mass is 10.2. The molecule has 0 spiro atoms. The minimum atomic E-state index is -3.81. The van der Waals surface area contributed by atoms with Crippen LogP contribution in [0.5, 0.6) is 0 Å². The van der Waals surface area contributed by atoms with Gasteiger partial charge in [0.15, 0.2) is 0 Å². The van der Waals surface area contributed by atoms with E-state index in [1.54, 1.807) is 0 Å². The largest absolute Gasteiger partial charge is 0.384 e. The van der Waals surface area contributed by atoms with Gasteiger partial charge >= 0.3 is 0 Å². The summed E-state index contributed by atoms with van der Waals surface area (Å²) in [6.45, 7) is 1.49. The Bertz CT molecular complexity index is 717. The molecule has 2 aromatic rings. The summed E-state index contributed by atoms with van der Waals surface area (Å²) in [5, 5.41) is 0. The fourth-order valence-electron chi connectivity index (χ4n) is 1.52. The molecule has 100 valence electrons. The van der Waals surface area contributed by atoms with E-state index in [1.807, 2.05) is 0 Å². The lowest BCUT2D eigenvalue weighted by molar-refractivity contribution is 0.600. The van der Waals surface area contributed by atoms with Crippen molar-refractivity contribution in [2.45, 2.75) is 11.8 Å². The van der Waals surface area contributed by atoms with Gasteiger partial charge in [-0.15, -0.1) is 0 Å². The highest BCUT2D eigenvalue weighted by Crippen LogP contribution is 2.21. The molecule has 0 fully saturated rings. The second-order valence-corrected chi connectivity index (χ2v) is 5.62. The Morgan fingerprint density at radius 3 is 2.74 bits per heavy atom. The maximum absolute atomic E-state index is 13.4. The minimum absolute atomic E-state index is 0.0244. The molecule has 0 amide bonds. The normalized spacial score (nSPS) is 11.3. The summed E-state index contributed by atoms with van der Waals surface area (Å²) in [7, 11) is -3.81. The SMILES string of the molecule is Cc1c(F)cccc1NS(=O)(=O)c1ccnc(N)c1. The van der Waals surface area contributed by atoms with Gasteiger partial charge in [-0.3, -0.25) is 4.72 Å². The minimum Gasteiger partial charge on any atom is -0.384 e. The number of hydrogen-bond acceptors (Lipinski definition) is 4. The standard InChI is InChI=1S/C12H12FN3O2S/c1-8-10(13)3-2-4-11(8)16-19(17,18)9-5-6-15-12(14)7-9/h2-7,16H,1H3,(H2,14,15). The Labute approximate surface area is 110 Å². The summed E-state index contributed by atoms with van der Waals surface area (Å²) in [4.78, 5) is 3.69. The van der Waals surface area contributed by atoms with Crippen LogP contribution in [0.3, 0.4) is 0 Å². The second kappa shape index (κ2) is 4.85. The van der Waals surface area contributed by atoms with Gasteiger partial charge in [0.05, 0.1) is 10.6 Å². The van der Waals surface area contributed by atoms with Crippen LogP contribution >= 0.6 is 0 Å². The van der Waals surface area contributed by atoms with Crippen LogP contribution in [0, 0.1) is 12.7 Å². The maximum atomic E-state index is 13.4. The molecule has 0 aliphatic heterocycles. The zero-order valence-corrected chi connectivity index (χ0v) is 10.9. The second-order valence-electron chi connectivity index (χ2n) is 3.93. The summed E-state index contributed by atoms with van der Waals surface area (Å²) in [6.07, 6.45) is 1.29. The Hall–Kier alpha value is -2.15. The number of benzene rings is 1. The topological polar surface area (TPSA) is 85.1 Å². The van der Waals surface area contributed by atoms with E-state index in [9.17, 15) is 12.8 Å². The average molecular weight is 281 g/mol. The number of rotatable bonds is 3. The van der Waals surface area contributed by atoms with Crippen molar-refractivity contribution in [2.75, 3.05) is 10.5 Å². The maximum Gasteiger partial charge on any atom is 0.262 e. The van der Waals surface area contributed by atoms with Crippen molar-refractivity contribution < 1.29 is 12.8 Å². The first-order chi connectivity index (χ1) is 8.90. The number of aromatic nitrogens is 1. The van der Waals surface area contributed by atoms with Crippen LogP contribution in [-0.4, -0.2) is 13.4 Å². The van der Waals surface area contributed by atoms with E-state index in [2.05, 4.69) is 9.71 Å². The summed E-state index contributed by atoms with van der Waals surface area (Å²) in [5.41, 5.74) is 5.86. The first kappa shape index (κ1) is 13.3. The van der Waals surface area contributed by atoms with Gasteiger partial charge in [-0.2, -0.15) is 0 Å². The molecule has 0 unspecified atom stereocenters. The molecule has 0 saturated heterocycles. The van der Waals surface area contributed by atoms with E-state index >= 15 is 0 Å². The first-order valence-electron chi connectivity index (χ1n) is 5.39. The van der Waals surface area contributed by atoms with Gasteiger partial charge in [-0.05, 0) is 25.1 Å². The highest BCUT2D eigenvalue weighted by molar-refractivity contribution is 7.92.